The summed E-state index contributed by atoms with van der Waals surface area (Å²) in [6.45, 7) is 8.80. The first-order valence-electron chi connectivity index (χ1n) is 12.1. The van der Waals surface area contributed by atoms with Crippen molar-refractivity contribution >= 4 is 33.5 Å². The van der Waals surface area contributed by atoms with E-state index in [2.05, 4.69) is 71.4 Å². The number of amides is 1. The zero-order valence-electron chi connectivity index (χ0n) is 20.8. The quantitative estimate of drug-likeness (QED) is 0.413. The maximum atomic E-state index is 13.1. The third kappa shape index (κ3) is 4.18. The predicted molar refractivity (Wildman–Crippen MR) is 135 cm³/mol. The minimum atomic E-state index is -0.486. The molecular formula is C26H35BrN4O3. The molecule has 0 saturated heterocycles. The highest BCUT2D eigenvalue weighted by molar-refractivity contribution is 9.08. The lowest BCUT2D eigenvalue weighted by Gasteiger charge is -2.54. The van der Waals surface area contributed by atoms with Crippen LogP contribution in [0.3, 0.4) is 0 Å². The zero-order chi connectivity index (χ0) is 24.7. The molecule has 3 atom stereocenters. The number of nitrogens with one attached hydrogen (secondary N) is 1. The van der Waals surface area contributed by atoms with E-state index in [1.54, 1.807) is 10.9 Å². The van der Waals surface area contributed by atoms with Gasteiger partial charge in [-0.15, -0.1) is 5.10 Å². The van der Waals surface area contributed by atoms with E-state index in [1.807, 2.05) is 0 Å². The minimum Gasteiger partial charge on any atom is -0.469 e. The first-order chi connectivity index (χ1) is 16.1. The smallest absolute Gasteiger partial charge is 0.311 e. The number of hydrogen-bond acceptors (Lipinski definition) is 5. The number of methoxy groups -OCH3 is 1. The van der Waals surface area contributed by atoms with Crippen molar-refractivity contribution in [2.75, 3.05) is 12.4 Å². The van der Waals surface area contributed by atoms with Gasteiger partial charge in [0, 0.05) is 17.2 Å². The Morgan fingerprint density at radius 3 is 2.71 bits per heavy atom. The second-order valence-electron chi connectivity index (χ2n) is 10.6. The van der Waals surface area contributed by atoms with Crippen molar-refractivity contribution in [2.45, 2.75) is 83.0 Å². The van der Waals surface area contributed by atoms with Crippen LogP contribution in [0.4, 0.5) is 5.69 Å². The predicted octanol–water partition coefficient (Wildman–Crippen LogP) is 5.12. The molecule has 1 N–H and O–H groups in total. The number of alkyl halides is 1. The molecule has 34 heavy (non-hydrogen) atoms. The number of ether oxygens (including phenoxy) is 1. The van der Waals surface area contributed by atoms with Gasteiger partial charge in [-0.3, -0.25) is 9.59 Å². The number of carbonyl (C=O) groups excluding carboxylic acids is 2. The number of anilines is 1. The molecule has 7 nitrogen and oxygen atoms in total. The van der Waals surface area contributed by atoms with Crippen LogP contribution in [0.15, 0.2) is 18.3 Å². The van der Waals surface area contributed by atoms with Crippen LogP contribution in [0, 0.1) is 11.3 Å². The van der Waals surface area contributed by atoms with E-state index in [1.165, 1.54) is 18.2 Å². The third-order valence-corrected chi connectivity index (χ3v) is 8.72. The summed E-state index contributed by atoms with van der Waals surface area (Å²) in [6, 6.07) is 4.41. The van der Waals surface area contributed by atoms with Crippen LogP contribution < -0.4 is 5.32 Å². The van der Waals surface area contributed by atoms with Crippen LogP contribution in [-0.4, -0.2) is 34.0 Å². The second kappa shape index (κ2) is 9.44. The topological polar surface area (TPSA) is 86.1 Å². The highest BCUT2D eigenvalue weighted by Crippen LogP contribution is 2.58. The largest absolute Gasteiger partial charge is 0.469 e. The first kappa shape index (κ1) is 24.9. The van der Waals surface area contributed by atoms with Gasteiger partial charge in [-0.2, -0.15) is 0 Å². The number of hydrogen-bond donors (Lipinski definition) is 1. The summed E-state index contributed by atoms with van der Waals surface area (Å²) in [5.41, 5.74) is 4.72. The molecule has 2 aliphatic rings. The number of nitrogens with zero attached hydrogens (tertiary/aromatic N) is 3. The molecule has 1 aromatic heterocycles. The Morgan fingerprint density at radius 1 is 1.29 bits per heavy atom. The summed E-state index contributed by atoms with van der Waals surface area (Å²) >= 11 is 3.37. The standard InChI is InChI=1S/C26H35BrN4O3/c1-16(2)18-7-9-20-19(23(18)28-22(32)15-31-14-17(13-27)29-30-31)8-10-21-25(20,3)11-6-12-26(21,4)24(33)34-5/h7,9,14,16,21H,6,8,10-13,15H2,1-5H3,(H,28,32)/t21-,25-,26-/m1/s1. The van der Waals surface area contributed by atoms with Gasteiger partial charge in [0.05, 0.1) is 18.2 Å². The molecule has 1 amide bonds. The van der Waals surface area contributed by atoms with E-state index in [-0.39, 0.29) is 35.7 Å². The SMILES string of the molecule is COC(=O)[C@]1(C)CCC[C@]2(C)c3ccc(C(C)C)c(NC(=O)Cn4cc(CBr)nn4)c3CC[C@@H]12. The molecule has 0 radical (unpaired) electrons. The summed E-state index contributed by atoms with van der Waals surface area (Å²) in [7, 11) is 1.49. The van der Waals surface area contributed by atoms with Gasteiger partial charge >= 0.3 is 5.97 Å². The lowest BCUT2D eigenvalue weighted by Crippen LogP contribution is -2.52. The lowest BCUT2D eigenvalue weighted by molar-refractivity contribution is -0.161. The molecule has 0 bridgehead atoms. The Kier molecular flexibility index (Phi) is 6.91. The fraction of sp³-hybridized carbons (Fsp3) is 0.615. The molecule has 1 aromatic carbocycles. The number of fused-ring (bicyclic) bond motifs is 3. The molecule has 184 valence electrons. The van der Waals surface area contributed by atoms with Crippen molar-refractivity contribution in [3.63, 3.8) is 0 Å². The Balaban J connectivity index is 1.71. The summed E-state index contributed by atoms with van der Waals surface area (Å²) in [5.74, 6) is 0.260. The highest BCUT2D eigenvalue weighted by Gasteiger charge is 2.56. The van der Waals surface area contributed by atoms with E-state index in [9.17, 15) is 9.59 Å². The maximum Gasteiger partial charge on any atom is 0.311 e. The normalized spacial score (nSPS) is 26.0. The van der Waals surface area contributed by atoms with E-state index in [4.69, 9.17) is 4.74 Å². The summed E-state index contributed by atoms with van der Waals surface area (Å²) in [5, 5.41) is 11.9. The van der Waals surface area contributed by atoms with Crippen LogP contribution in [0.5, 0.6) is 0 Å². The number of rotatable bonds is 6. The number of benzene rings is 1. The number of carbonyl (C=O) groups is 2. The molecule has 1 saturated carbocycles. The van der Waals surface area contributed by atoms with Gasteiger partial charge < -0.3 is 10.1 Å². The molecule has 2 aliphatic carbocycles. The Bertz CT molecular complexity index is 1100. The number of halogens is 1. The van der Waals surface area contributed by atoms with Gasteiger partial charge in [-0.25, -0.2) is 4.68 Å². The van der Waals surface area contributed by atoms with E-state index in [0.29, 0.717) is 5.33 Å². The van der Waals surface area contributed by atoms with Gasteiger partial charge in [0.25, 0.3) is 0 Å². The van der Waals surface area contributed by atoms with Gasteiger partial charge in [0.2, 0.25) is 5.91 Å². The Labute approximate surface area is 210 Å². The molecule has 2 aromatic rings. The molecule has 1 fully saturated rings. The molecule has 8 heteroatoms. The van der Waals surface area contributed by atoms with E-state index >= 15 is 0 Å². The van der Waals surface area contributed by atoms with Gasteiger partial charge in [-0.1, -0.05) is 60.5 Å². The highest BCUT2D eigenvalue weighted by atomic mass is 79.9. The van der Waals surface area contributed by atoms with Crippen molar-refractivity contribution in [2.24, 2.45) is 11.3 Å². The van der Waals surface area contributed by atoms with Crippen molar-refractivity contribution < 1.29 is 14.3 Å². The van der Waals surface area contributed by atoms with E-state index in [0.717, 1.165) is 49.0 Å². The number of aromatic nitrogens is 3. The molecule has 0 spiro atoms. The van der Waals surface area contributed by atoms with Crippen LogP contribution >= 0.6 is 15.9 Å². The molecule has 0 unspecified atom stereocenters. The van der Waals surface area contributed by atoms with Crippen LogP contribution in [0.1, 0.15) is 81.7 Å². The molecule has 1 heterocycles. The fourth-order valence-electron chi connectivity index (χ4n) is 6.49. The van der Waals surface area contributed by atoms with E-state index < -0.39 is 5.41 Å². The summed E-state index contributed by atoms with van der Waals surface area (Å²) in [4.78, 5) is 25.9. The van der Waals surface area contributed by atoms with Crippen LogP contribution in [0.2, 0.25) is 0 Å². The van der Waals surface area contributed by atoms with Crippen molar-refractivity contribution in [3.8, 4) is 0 Å². The second-order valence-corrected chi connectivity index (χ2v) is 11.1. The summed E-state index contributed by atoms with van der Waals surface area (Å²) < 4.78 is 6.82. The maximum absolute atomic E-state index is 13.1. The van der Waals surface area contributed by atoms with Gasteiger partial charge in [-0.05, 0) is 66.5 Å². The Hall–Kier alpha value is -2.22. The average molecular weight is 531 g/mol. The minimum absolute atomic E-state index is 0.102. The molecule has 4 rings (SSSR count). The summed E-state index contributed by atoms with van der Waals surface area (Å²) in [6.07, 6.45) is 6.37. The Morgan fingerprint density at radius 2 is 2.06 bits per heavy atom. The molecule has 0 aliphatic heterocycles. The van der Waals surface area contributed by atoms with Gasteiger partial charge in [0.1, 0.15) is 6.54 Å². The monoisotopic (exact) mass is 530 g/mol. The van der Waals surface area contributed by atoms with Crippen molar-refractivity contribution in [1.29, 1.82) is 0 Å². The first-order valence-corrected chi connectivity index (χ1v) is 13.3. The zero-order valence-corrected chi connectivity index (χ0v) is 22.4. The third-order valence-electron chi connectivity index (χ3n) is 8.14. The van der Waals surface area contributed by atoms with Gasteiger partial charge in [0.15, 0.2) is 0 Å². The van der Waals surface area contributed by atoms with Crippen molar-refractivity contribution in [1.82, 2.24) is 15.0 Å². The van der Waals surface area contributed by atoms with Crippen LogP contribution in [-0.2, 0) is 38.0 Å². The fourth-order valence-corrected chi connectivity index (χ4v) is 6.75. The van der Waals surface area contributed by atoms with Crippen LogP contribution in [0.25, 0.3) is 0 Å². The molecular weight excluding hydrogens is 496 g/mol. The average Bonchev–Trinajstić information content (AvgIpc) is 3.25. The number of esters is 1. The lowest BCUT2D eigenvalue weighted by atomic mass is 9.49. The van der Waals surface area contributed by atoms with Crippen molar-refractivity contribution in [3.05, 3.63) is 40.7 Å².